The highest BCUT2D eigenvalue weighted by molar-refractivity contribution is 5.81. The molecule has 46 valence electrons. The summed E-state index contributed by atoms with van der Waals surface area (Å²) in [6, 6.07) is 0. The summed E-state index contributed by atoms with van der Waals surface area (Å²) >= 11 is 0. The zero-order valence-corrected chi connectivity index (χ0v) is 4.72. The highest BCUT2D eigenvalue weighted by Crippen LogP contribution is 2.00. The van der Waals surface area contributed by atoms with E-state index >= 15 is 0 Å². The molecule has 0 unspecified atom stereocenters. The molecule has 3 nitrogen and oxygen atoms in total. The topological polar surface area (TPSA) is 44.6 Å². The van der Waals surface area contributed by atoms with Gasteiger partial charge in [0.2, 0.25) is 0 Å². The lowest BCUT2D eigenvalue weighted by atomic mass is 10.2. The first-order valence-electron chi connectivity index (χ1n) is 2.88. The van der Waals surface area contributed by atoms with Gasteiger partial charge in [-0.05, 0) is 12.8 Å². The summed E-state index contributed by atoms with van der Waals surface area (Å²) in [5.41, 5.74) is 0. The largest absolute Gasteiger partial charge is 0.409 e. The first kappa shape index (κ1) is 5.41. The highest BCUT2D eigenvalue weighted by Gasteiger charge is 2.03. The third kappa shape index (κ3) is 1.12. The fourth-order valence-electron chi connectivity index (χ4n) is 0.824. The summed E-state index contributed by atoms with van der Waals surface area (Å²) in [5, 5.41) is 14.2. The van der Waals surface area contributed by atoms with Gasteiger partial charge < -0.3 is 10.5 Å². The third-order valence-electron chi connectivity index (χ3n) is 1.29. The number of hydrogen-bond acceptors (Lipinski definition) is 2. The van der Waals surface area contributed by atoms with E-state index in [9.17, 15) is 0 Å². The van der Waals surface area contributed by atoms with Crippen LogP contribution < -0.4 is 5.32 Å². The predicted octanol–water partition coefficient (Wildman–Crippen LogP) is 0.548. The molecule has 1 fully saturated rings. The molecule has 0 aromatic rings. The van der Waals surface area contributed by atoms with Gasteiger partial charge in [0.15, 0.2) is 0 Å². The number of piperidine rings is 1. The van der Waals surface area contributed by atoms with Gasteiger partial charge in [-0.1, -0.05) is 5.16 Å². The molecule has 0 saturated carbocycles. The molecule has 0 bridgehead atoms. The zero-order valence-electron chi connectivity index (χ0n) is 4.72. The van der Waals surface area contributed by atoms with Gasteiger partial charge in [-0.15, -0.1) is 0 Å². The molecule has 0 aliphatic carbocycles. The Bertz CT molecular complexity index is 92.6. The standard InChI is InChI=1S/C5H10N2O/c8-7-5-3-1-2-4-6-5/h8H,1-4H2,(H,6,7). The van der Waals surface area contributed by atoms with Gasteiger partial charge in [0.1, 0.15) is 5.84 Å². The molecule has 1 saturated heterocycles. The van der Waals surface area contributed by atoms with Gasteiger partial charge in [-0.25, -0.2) is 0 Å². The van der Waals surface area contributed by atoms with Gasteiger partial charge in [-0.3, -0.25) is 0 Å². The molecule has 0 amide bonds. The predicted molar refractivity (Wildman–Crippen MR) is 31.1 cm³/mol. The second-order valence-corrected chi connectivity index (χ2v) is 1.93. The van der Waals surface area contributed by atoms with Crippen molar-refractivity contribution in [1.82, 2.24) is 5.32 Å². The highest BCUT2D eigenvalue weighted by atomic mass is 16.4. The van der Waals surface area contributed by atoms with Crippen molar-refractivity contribution in [2.45, 2.75) is 19.3 Å². The SMILES string of the molecule is ON=C1CCCCN1. The average Bonchev–Trinajstić information content (AvgIpc) is 1.90. The lowest BCUT2D eigenvalue weighted by Gasteiger charge is -2.12. The Morgan fingerprint density at radius 3 is 2.75 bits per heavy atom. The lowest BCUT2D eigenvalue weighted by Crippen LogP contribution is -2.28. The van der Waals surface area contributed by atoms with Crippen molar-refractivity contribution in [3.8, 4) is 0 Å². The smallest absolute Gasteiger partial charge is 0.141 e. The molecule has 0 aromatic carbocycles. The van der Waals surface area contributed by atoms with Crippen molar-refractivity contribution in [3.05, 3.63) is 0 Å². The van der Waals surface area contributed by atoms with Crippen molar-refractivity contribution >= 4 is 5.84 Å². The Labute approximate surface area is 48.4 Å². The minimum Gasteiger partial charge on any atom is -0.409 e. The Hall–Kier alpha value is -0.730. The monoisotopic (exact) mass is 114 g/mol. The van der Waals surface area contributed by atoms with Crippen molar-refractivity contribution in [2.24, 2.45) is 5.16 Å². The van der Waals surface area contributed by atoms with E-state index in [0.717, 1.165) is 25.2 Å². The van der Waals surface area contributed by atoms with E-state index in [4.69, 9.17) is 5.21 Å². The second-order valence-electron chi connectivity index (χ2n) is 1.93. The molecule has 1 heterocycles. The Morgan fingerprint density at radius 1 is 1.50 bits per heavy atom. The maximum absolute atomic E-state index is 8.22. The molecule has 0 spiro atoms. The van der Waals surface area contributed by atoms with Crippen LogP contribution in [-0.4, -0.2) is 17.6 Å². The Kier molecular flexibility index (Phi) is 1.72. The molecule has 8 heavy (non-hydrogen) atoms. The number of rotatable bonds is 0. The van der Waals surface area contributed by atoms with Crippen LogP contribution in [0.15, 0.2) is 5.16 Å². The summed E-state index contributed by atoms with van der Waals surface area (Å²) in [5.74, 6) is 0.733. The van der Waals surface area contributed by atoms with Crippen LogP contribution in [-0.2, 0) is 0 Å². The van der Waals surface area contributed by atoms with E-state index in [1.165, 1.54) is 6.42 Å². The number of hydrogen-bond donors (Lipinski definition) is 2. The minimum atomic E-state index is 0.733. The molecular formula is C5H10N2O. The van der Waals surface area contributed by atoms with Crippen molar-refractivity contribution < 1.29 is 5.21 Å². The molecular weight excluding hydrogens is 104 g/mol. The van der Waals surface area contributed by atoms with Crippen LogP contribution in [0, 0.1) is 0 Å². The molecule has 1 aliphatic rings. The van der Waals surface area contributed by atoms with Gasteiger partial charge in [-0.2, -0.15) is 0 Å². The molecule has 2 N–H and O–H groups in total. The summed E-state index contributed by atoms with van der Waals surface area (Å²) in [6.07, 6.45) is 3.24. The lowest BCUT2D eigenvalue weighted by molar-refractivity contribution is 0.313. The van der Waals surface area contributed by atoms with Crippen LogP contribution in [0.3, 0.4) is 0 Å². The van der Waals surface area contributed by atoms with Crippen LogP contribution in [0.1, 0.15) is 19.3 Å². The van der Waals surface area contributed by atoms with Gasteiger partial charge in [0.25, 0.3) is 0 Å². The fraction of sp³-hybridized carbons (Fsp3) is 0.800. The van der Waals surface area contributed by atoms with E-state index in [0.29, 0.717) is 0 Å². The third-order valence-corrected chi connectivity index (χ3v) is 1.29. The van der Waals surface area contributed by atoms with E-state index < -0.39 is 0 Å². The van der Waals surface area contributed by atoms with Gasteiger partial charge >= 0.3 is 0 Å². The van der Waals surface area contributed by atoms with E-state index in [-0.39, 0.29) is 0 Å². The Morgan fingerprint density at radius 2 is 2.38 bits per heavy atom. The molecule has 1 rings (SSSR count). The molecule has 1 aliphatic heterocycles. The summed E-state index contributed by atoms with van der Waals surface area (Å²) in [6.45, 7) is 0.958. The van der Waals surface area contributed by atoms with Crippen LogP contribution in [0.4, 0.5) is 0 Å². The first-order valence-corrected chi connectivity index (χ1v) is 2.88. The van der Waals surface area contributed by atoms with Crippen LogP contribution >= 0.6 is 0 Å². The molecule has 0 aromatic heterocycles. The number of oxime groups is 1. The summed E-state index contributed by atoms with van der Waals surface area (Å²) < 4.78 is 0. The van der Waals surface area contributed by atoms with E-state index in [2.05, 4.69) is 10.5 Å². The summed E-state index contributed by atoms with van der Waals surface area (Å²) in [7, 11) is 0. The number of nitrogens with zero attached hydrogens (tertiary/aromatic N) is 1. The maximum atomic E-state index is 8.22. The number of amidine groups is 1. The first-order chi connectivity index (χ1) is 3.93. The van der Waals surface area contributed by atoms with Gasteiger partial charge in [0.05, 0.1) is 0 Å². The summed E-state index contributed by atoms with van der Waals surface area (Å²) in [4.78, 5) is 0. The van der Waals surface area contributed by atoms with Gasteiger partial charge in [0, 0.05) is 13.0 Å². The molecule has 0 atom stereocenters. The molecule has 3 heteroatoms. The normalized spacial score (nSPS) is 25.2. The quantitative estimate of drug-likeness (QED) is 0.357. The number of nitrogens with one attached hydrogen (secondary N) is 1. The zero-order chi connectivity index (χ0) is 5.82. The minimum absolute atomic E-state index is 0.733. The second kappa shape index (κ2) is 2.55. The maximum Gasteiger partial charge on any atom is 0.141 e. The van der Waals surface area contributed by atoms with Crippen molar-refractivity contribution in [1.29, 1.82) is 0 Å². The Balaban J connectivity index is 2.33. The van der Waals surface area contributed by atoms with E-state index in [1.54, 1.807) is 0 Å². The van der Waals surface area contributed by atoms with Crippen LogP contribution in [0.2, 0.25) is 0 Å². The van der Waals surface area contributed by atoms with Crippen molar-refractivity contribution in [2.75, 3.05) is 6.54 Å². The van der Waals surface area contributed by atoms with Crippen LogP contribution in [0.25, 0.3) is 0 Å². The average molecular weight is 114 g/mol. The fourth-order valence-corrected chi connectivity index (χ4v) is 0.824. The molecule has 0 radical (unpaired) electrons. The van der Waals surface area contributed by atoms with Crippen LogP contribution in [0.5, 0.6) is 0 Å². The van der Waals surface area contributed by atoms with E-state index in [1.807, 2.05) is 0 Å². The van der Waals surface area contributed by atoms with Crippen molar-refractivity contribution in [3.63, 3.8) is 0 Å².